The van der Waals surface area contributed by atoms with Gasteiger partial charge in [0.2, 0.25) is 5.88 Å². The Balaban J connectivity index is 1.78. The van der Waals surface area contributed by atoms with E-state index in [2.05, 4.69) is 70.8 Å². The Bertz CT molecular complexity index is 1200. The van der Waals surface area contributed by atoms with E-state index in [0.29, 0.717) is 11.4 Å². The van der Waals surface area contributed by atoms with E-state index in [1.807, 2.05) is 18.2 Å². The quantitative estimate of drug-likeness (QED) is 0.403. The average molecular weight is 443 g/mol. The van der Waals surface area contributed by atoms with E-state index in [1.54, 1.807) is 6.07 Å². The molecule has 6 heteroatoms. The summed E-state index contributed by atoms with van der Waals surface area (Å²) in [5.74, 6) is 0.325. The van der Waals surface area contributed by atoms with Crippen molar-refractivity contribution in [3.63, 3.8) is 0 Å². The van der Waals surface area contributed by atoms with Gasteiger partial charge in [-0.15, -0.1) is 0 Å². The van der Waals surface area contributed by atoms with Crippen molar-refractivity contribution in [3.05, 3.63) is 65.2 Å². The van der Waals surface area contributed by atoms with Crippen molar-refractivity contribution in [3.8, 4) is 28.3 Å². The Morgan fingerprint density at radius 1 is 0.848 bits per heavy atom. The van der Waals surface area contributed by atoms with Crippen molar-refractivity contribution in [1.29, 1.82) is 0 Å². The molecule has 4 rings (SSSR count). The highest BCUT2D eigenvalue weighted by Gasteiger charge is 2.52. The van der Waals surface area contributed by atoms with Gasteiger partial charge in [-0.25, -0.2) is 4.98 Å². The Morgan fingerprint density at radius 3 is 2.03 bits per heavy atom. The number of hydrogen-bond donors (Lipinski definition) is 0. The number of pyridine rings is 1. The lowest BCUT2D eigenvalue weighted by atomic mass is 9.74. The Hall–Kier alpha value is -2.96. The maximum absolute atomic E-state index is 11.3. The van der Waals surface area contributed by atoms with Crippen LogP contribution in [0.3, 0.4) is 0 Å². The summed E-state index contributed by atoms with van der Waals surface area (Å²) >= 11 is 0. The van der Waals surface area contributed by atoms with Crippen molar-refractivity contribution < 1.29 is 18.8 Å². The van der Waals surface area contributed by atoms with Crippen LogP contribution in [0.25, 0.3) is 22.4 Å². The predicted octanol–water partition coefficient (Wildman–Crippen LogP) is 5.15. The number of ether oxygens (including phenoxy) is 1. The molecule has 1 aliphatic heterocycles. The van der Waals surface area contributed by atoms with Gasteiger partial charge in [0, 0.05) is 5.56 Å². The largest absolute Gasteiger partial charge is 0.495 e. The molecule has 1 aromatic heterocycles. The summed E-state index contributed by atoms with van der Waals surface area (Å²) in [6.45, 7) is 12.5. The molecule has 1 aliphatic rings. The third-order valence-electron chi connectivity index (χ3n) is 6.99. The second-order valence-electron chi connectivity index (χ2n) is 9.50. The highest BCUT2D eigenvalue weighted by molar-refractivity contribution is 6.62. The monoisotopic (exact) mass is 443 g/mol. The first-order valence-electron chi connectivity index (χ1n) is 11.2. The molecule has 0 unspecified atom stereocenters. The van der Waals surface area contributed by atoms with E-state index >= 15 is 0 Å². The normalized spacial score (nSPS) is 16.6. The Morgan fingerprint density at radius 2 is 1.42 bits per heavy atom. The molecule has 5 nitrogen and oxygen atoms in total. The average Bonchev–Trinajstić information content (AvgIpc) is 3.00. The summed E-state index contributed by atoms with van der Waals surface area (Å²) < 4.78 is 17.9. The molecule has 170 valence electrons. The molecule has 0 atom stereocenters. The lowest BCUT2D eigenvalue weighted by Gasteiger charge is -2.32. The summed E-state index contributed by atoms with van der Waals surface area (Å²) in [6, 6.07) is 16.0. The minimum atomic E-state index is -0.416. The maximum atomic E-state index is 11.3. The number of rotatable bonds is 5. The number of carbonyl (C=O) groups is 1. The number of methoxy groups -OCH3 is 1. The summed E-state index contributed by atoms with van der Waals surface area (Å²) in [7, 11) is 1.10. The van der Waals surface area contributed by atoms with Crippen LogP contribution in [0.2, 0.25) is 0 Å². The van der Waals surface area contributed by atoms with Crippen molar-refractivity contribution in [1.82, 2.24) is 4.98 Å². The second kappa shape index (κ2) is 8.43. The lowest BCUT2D eigenvalue weighted by molar-refractivity contribution is 0.00578. The van der Waals surface area contributed by atoms with E-state index in [1.165, 1.54) is 7.11 Å². The highest BCUT2D eigenvalue weighted by atomic mass is 16.7. The van der Waals surface area contributed by atoms with Gasteiger partial charge in [0.25, 0.3) is 0 Å². The third-order valence-corrected chi connectivity index (χ3v) is 6.99. The first kappa shape index (κ1) is 23.2. The minimum Gasteiger partial charge on any atom is -0.480 e. The third kappa shape index (κ3) is 3.98. The molecule has 1 saturated heterocycles. The van der Waals surface area contributed by atoms with Gasteiger partial charge in [-0.2, -0.15) is 0 Å². The van der Waals surface area contributed by atoms with Gasteiger partial charge in [-0.05, 0) is 81.4 Å². The SMILES string of the molecule is COc1nc(-c2cccc(-c3cccc(B4OC(C)(C)C(C)(C)O4)c3C)c2C)ccc1C=O. The van der Waals surface area contributed by atoms with Crippen molar-refractivity contribution in [2.75, 3.05) is 7.11 Å². The molecule has 0 aliphatic carbocycles. The van der Waals surface area contributed by atoms with Gasteiger partial charge in [-0.3, -0.25) is 4.79 Å². The molecule has 0 radical (unpaired) electrons. The molecule has 0 N–H and O–H groups in total. The van der Waals surface area contributed by atoms with Gasteiger partial charge in [-0.1, -0.05) is 36.4 Å². The van der Waals surface area contributed by atoms with Crippen molar-refractivity contribution >= 4 is 18.9 Å². The van der Waals surface area contributed by atoms with Crippen LogP contribution in [-0.2, 0) is 9.31 Å². The number of benzene rings is 2. The van der Waals surface area contributed by atoms with Crippen LogP contribution in [0.4, 0.5) is 0 Å². The van der Waals surface area contributed by atoms with E-state index in [4.69, 9.17) is 14.0 Å². The van der Waals surface area contributed by atoms with E-state index in [0.717, 1.165) is 45.3 Å². The van der Waals surface area contributed by atoms with Gasteiger partial charge in [0.05, 0.1) is 29.6 Å². The van der Waals surface area contributed by atoms with Crippen molar-refractivity contribution in [2.24, 2.45) is 0 Å². The summed E-state index contributed by atoms with van der Waals surface area (Å²) in [6.07, 6.45) is 0.753. The summed E-state index contributed by atoms with van der Waals surface area (Å²) in [5.41, 5.74) is 6.88. The van der Waals surface area contributed by atoms with Crippen LogP contribution < -0.4 is 10.2 Å². The number of nitrogens with zero attached hydrogens (tertiary/aromatic N) is 1. The zero-order chi connectivity index (χ0) is 24.0. The number of aromatic nitrogens is 1. The molecule has 3 aromatic rings. The second-order valence-corrected chi connectivity index (χ2v) is 9.50. The predicted molar refractivity (Wildman–Crippen MR) is 132 cm³/mol. The first-order chi connectivity index (χ1) is 15.6. The van der Waals surface area contributed by atoms with Crippen LogP contribution in [0.5, 0.6) is 5.88 Å². The van der Waals surface area contributed by atoms with Gasteiger partial charge in [0.1, 0.15) is 0 Å². The van der Waals surface area contributed by atoms with Gasteiger partial charge < -0.3 is 14.0 Å². The summed E-state index contributed by atoms with van der Waals surface area (Å²) in [5, 5.41) is 0. The molecular formula is C27H30BNO4. The van der Waals surface area contributed by atoms with Crippen LogP contribution in [0, 0.1) is 13.8 Å². The minimum absolute atomic E-state index is 0.325. The first-order valence-corrected chi connectivity index (χ1v) is 11.2. The maximum Gasteiger partial charge on any atom is 0.495 e. The number of hydrogen-bond acceptors (Lipinski definition) is 5. The van der Waals surface area contributed by atoms with Gasteiger partial charge in [0.15, 0.2) is 6.29 Å². The molecule has 0 spiro atoms. The lowest BCUT2D eigenvalue weighted by Crippen LogP contribution is -2.41. The van der Waals surface area contributed by atoms with Crippen LogP contribution in [0.15, 0.2) is 48.5 Å². The topological polar surface area (TPSA) is 57.6 Å². The van der Waals surface area contributed by atoms with E-state index < -0.39 is 18.3 Å². The molecule has 0 amide bonds. The molecule has 0 saturated carbocycles. The number of carbonyl (C=O) groups excluding carboxylic acids is 1. The van der Waals surface area contributed by atoms with Gasteiger partial charge >= 0.3 is 7.12 Å². The molecule has 2 aromatic carbocycles. The fraction of sp³-hybridized carbons (Fsp3) is 0.333. The van der Waals surface area contributed by atoms with Crippen LogP contribution in [-0.4, -0.2) is 36.7 Å². The Labute approximate surface area is 196 Å². The van der Waals surface area contributed by atoms with Crippen LogP contribution >= 0.6 is 0 Å². The Kier molecular flexibility index (Phi) is 5.93. The molecular weight excluding hydrogens is 413 g/mol. The van der Waals surface area contributed by atoms with E-state index in [-0.39, 0.29) is 0 Å². The van der Waals surface area contributed by atoms with E-state index in [9.17, 15) is 4.79 Å². The molecule has 33 heavy (non-hydrogen) atoms. The zero-order valence-electron chi connectivity index (χ0n) is 20.4. The standard InChI is InChI=1S/C27H30BNO4/c1-17-20(10-8-12-22(17)24-15-14-19(16-30)25(29-24)31-7)21-11-9-13-23(18(21)2)28-32-26(3,4)27(5,6)33-28/h8-16H,1-7H3. The molecule has 1 fully saturated rings. The van der Waals surface area contributed by atoms with Crippen LogP contribution in [0.1, 0.15) is 49.2 Å². The molecule has 2 heterocycles. The fourth-order valence-electron chi connectivity index (χ4n) is 4.23. The van der Waals surface area contributed by atoms with Crippen molar-refractivity contribution in [2.45, 2.75) is 52.7 Å². The zero-order valence-corrected chi connectivity index (χ0v) is 20.4. The fourth-order valence-corrected chi connectivity index (χ4v) is 4.23. The highest BCUT2D eigenvalue weighted by Crippen LogP contribution is 2.38. The smallest absolute Gasteiger partial charge is 0.480 e. The summed E-state index contributed by atoms with van der Waals surface area (Å²) in [4.78, 5) is 15.8. The number of aldehydes is 1. The molecule has 0 bridgehead atoms.